The number of ketones is 1. The zero-order valence-corrected chi connectivity index (χ0v) is 28.1. The van der Waals surface area contributed by atoms with Gasteiger partial charge in [0.2, 0.25) is 0 Å². The Morgan fingerprint density at radius 3 is 2.04 bits per heavy atom. The Balaban J connectivity index is 1.35. The monoisotopic (exact) mass is 656 g/mol. The van der Waals surface area contributed by atoms with Crippen LogP contribution in [0, 0.1) is 17.3 Å². The molecule has 7 rings (SSSR count). The number of benzene rings is 3. The van der Waals surface area contributed by atoms with Crippen molar-refractivity contribution in [2.45, 2.75) is 69.8 Å². The van der Waals surface area contributed by atoms with Gasteiger partial charge in [0.05, 0.1) is 5.60 Å². The number of rotatable bonds is 6. The van der Waals surface area contributed by atoms with E-state index < -0.39 is 12.7 Å². The van der Waals surface area contributed by atoms with Gasteiger partial charge in [0.1, 0.15) is 0 Å². The van der Waals surface area contributed by atoms with Gasteiger partial charge in [-0.25, -0.2) is 0 Å². The van der Waals surface area contributed by atoms with Crippen molar-refractivity contribution in [3.05, 3.63) is 124 Å². The zero-order chi connectivity index (χ0) is 31.6. The quantitative estimate of drug-likeness (QED) is 0.213. The molecule has 2 saturated carbocycles. The predicted molar refractivity (Wildman–Crippen MR) is 186 cm³/mol. The molecule has 0 radical (unpaired) electrons. The molecule has 0 bridgehead atoms. The lowest BCUT2D eigenvalue weighted by Gasteiger charge is -2.55. The maximum Gasteiger partial charge on any atom is 0.171 e. The second-order valence-corrected chi connectivity index (χ2v) is 17.4. The Morgan fingerprint density at radius 1 is 0.889 bits per heavy atom. The molecule has 3 aromatic rings. The molecular weight excluding hydrogens is 618 g/mol. The lowest BCUT2D eigenvalue weighted by atomic mass is 9.51. The van der Waals surface area contributed by atoms with Crippen molar-refractivity contribution in [3.8, 4) is 0 Å². The van der Waals surface area contributed by atoms with Crippen LogP contribution >= 0.6 is 30.3 Å². The SMILES string of the molecule is C=CC[C@]1(O)CC[C@H]2[C@@H]3CCC4=CC(=O)CCC4=C3[C@@H](c3ccc(P(=O)(c4ccc(Cl)cc4)c4ccc(Cl)cc4)cc3)C[C@@]21C. The van der Waals surface area contributed by atoms with Crippen molar-refractivity contribution >= 4 is 52.0 Å². The molecule has 6 heteroatoms. The van der Waals surface area contributed by atoms with Gasteiger partial charge in [0.15, 0.2) is 12.9 Å². The van der Waals surface area contributed by atoms with Crippen LogP contribution in [-0.2, 0) is 9.36 Å². The van der Waals surface area contributed by atoms with Crippen molar-refractivity contribution in [2.75, 3.05) is 0 Å². The van der Waals surface area contributed by atoms with Crippen LogP contribution in [0.25, 0.3) is 0 Å². The Labute approximate surface area is 276 Å². The summed E-state index contributed by atoms with van der Waals surface area (Å²) in [7, 11) is -3.22. The summed E-state index contributed by atoms with van der Waals surface area (Å²) in [5.41, 5.74) is 4.22. The summed E-state index contributed by atoms with van der Waals surface area (Å²) < 4.78 is 15.2. The first-order valence-electron chi connectivity index (χ1n) is 16.1. The average molecular weight is 658 g/mol. The van der Waals surface area contributed by atoms with Crippen LogP contribution in [0.3, 0.4) is 0 Å². The molecule has 1 N–H and O–H groups in total. The van der Waals surface area contributed by atoms with Gasteiger partial charge < -0.3 is 9.67 Å². The fourth-order valence-electron chi connectivity index (χ4n) is 9.29. The zero-order valence-electron chi connectivity index (χ0n) is 25.6. The molecule has 3 aromatic carbocycles. The first-order chi connectivity index (χ1) is 21.6. The van der Waals surface area contributed by atoms with Crippen LogP contribution in [-0.4, -0.2) is 16.5 Å². The van der Waals surface area contributed by atoms with Gasteiger partial charge in [-0.3, -0.25) is 4.79 Å². The number of carbonyl (C=O) groups is 1. The van der Waals surface area contributed by atoms with E-state index in [0.29, 0.717) is 34.7 Å². The fraction of sp³-hybridized carbons (Fsp3) is 0.359. The number of hydrogen-bond donors (Lipinski definition) is 1. The predicted octanol–water partition coefficient (Wildman–Crippen LogP) is 8.84. The van der Waals surface area contributed by atoms with E-state index in [1.165, 1.54) is 22.3 Å². The van der Waals surface area contributed by atoms with Crippen molar-refractivity contribution in [1.82, 2.24) is 0 Å². The second-order valence-electron chi connectivity index (χ2n) is 13.7. The number of hydrogen-bond acceptors (Lipinski definition) is 3. The smallest absolute Gasteiger partial charge is 0.171 e. The highest BCUT2D eigenvalue weighted by Gasteiger charge is 2.62. The number of carbonyl (C=O) groups excluding carboxylic acids is 1. The first-order valence-corrected chi connectivity index (χ1v) is 18.6. The molecule has 4 aliphatic rings. The number of allylic oxidation sites excluding steroid dienone is 4. The molecule has 0 aliphatic heterocycles. The van der Waals surface area contributed by atoms with Crippen molar-refractivity contribution in [3.63, 3.8) is 0 Å². The molecule has 5 atom stereocenters. The molecule has 0 amide bonds. The summed E-state index contributed by atoms with van der Waals surface area (Å²) in [5, 5.41) is 15.5. The average Bonchev–Trinajstić information content (AvgIpc) is 3.30. The van der Waals surface area contributed by atoms with Crippen molar-refractivity contribution in [2.24, 2.45) is 17.3 Å². The molecule has 2 fully saturated rings. The lowest BCUT2D eigenvalue weighted by Crippen LogP contribution is -2.51. The molecule has 0 unspecified atom stereocenters. The van der Waals surface area contributed by atoms with E-state index in [-0.39, 0.29) is 17.1 Å². The summed E-state index contributed by atoms with van der Waals surface area (Å²) in [5.74, 6) is 1.12. The number of fused-ring (bicyclic) bond motifs is 4. The van der Waals surface area contributed by atoms with E-state index in [0.717, 1.165) is 54.4 Å². The van der Waals surface area contributed by atoms with E-state index >= 15 is 4.57 Å². The number of aliphatic hydroxyl groups is 1. The Hall–Kier alpha value is -2.68. The van der Waals surface area contributed by atoms with Crippen LogP contribution in [0.15, 0.2) is 108 Å². The van der Waals surface area contributed by atoms with E-state index in [1.54, 1.807) is 24.3 Å². The van der Waals surface area contributed by atoms with Crippen molar-refractivity contribution in [1.29, 1.82) is 0 Å². The van der Waals surface area contributed by atoms with Crippen LogP contribution in [0.4, 0.5) is 0 Å². The highest BCUT2D eigenvalue weighted by Crippen LogP contribution is 2.67. The Kier molecular flexibility index (Phi) is 7.93. The van der Waals surface area contributed by atoms with E-state index in [1.807, 2.05) is 48.6 Å². The van der Waals surface area contributed by atoms with Gasteiger partial charge in [-0.1, -0.05) is 66.0 Å². The topological polar surface area (TPSA) is 54.4 Å². The molecule has 0 spiro atoms. The summed E-state index contributed by atoms with van der Waals surface area (Å²) in [4.78, 5) is 12.4. The highest BCUT2D eigenvalue weighted by molar-refractivity contribution is 7.85. The minimum atomic E-state index is -3.22. The minimum Gasteiger partial charge on any atom is -0.389 e. The van der Waals surface area contributed by atoms with Gasteiger partial charge in [-0.05, 0) is 128 Å². The molecule has 45 heavy (non-hydrogen) atoms. The highest BCUT2D eigenvalue weighted by atomic mass is 35.5. The van der Waals surface area contributed by atoms with Gasteiger partial charge in [0, 0.05) is 43.7 Å². The Morgan fingerprint density at radius 2 is 1.47 bits per heavy atom. The van der Waals surface area contributed by atoms with Gasteiger partial charge in [-0.2, -0.15) is 0 Å². The minimum absolute atomic E-state index is 0.108. The standard InChI is InChI=1S/C39H39Cl2O3P/c1-3-21-39(43)22-20-36-34-18-6-26-23-29(42)11-19-33(26)37(34)35(24-38(36,39)2)25-4-12-30(13-5-25)45(44,31-14-7-27(40)8-15-31)32-16-9-28(41)10-17-32/h3-5,7-10,12-17,23,34-36,43H,1,6,11,18-22,24H2,2H3/t34-,35+,36-,38-,39-/m0/s1. The fourth-order valence-corrected chi connectivity index (χ4v) is 12.1. The van der Waals surface area contributed by atoms with Crippen molar-refractivity contribution < 1.29 is 14.5 Å². The molecule has 0 heterocycles. The van der Waals surface area contributed by atoms with Crippen LogP contribution in [0.1, 0.15) is 69.8 Å². The maximum absolute atomic E-state index is 15.2. The summed E-state index contributed by atoms with van der Waals surface area (Å²) in [6, 6.07) is 22.9. The van der Waals surface area contributed by atoms with Gasteiger partial charge >= 0.3 is 0 Å². The van der Waals surface area contributed by atoms with Crippen LogP contribution in [0.5, 0.6) is 0 Å². The summed E-state index contributed by atoms with van der Waals surface area (Å²) in [6.07, 6.45) is 10.3. The van der Waals surface area contributed by atoms with E-state index in [9.17, 15) is 9.90 Å². The van der Waals surface area contributed by atoms with Crippen LogP contribution < -0.4 is 15.9 Å². The molecule has 0 saturated heterocycles. The third-order valence-electron chi connectivity index (χ3n) is 11.6. The molecule has 4 aliphatic carbocycles. The number of halogens is 2. The van der Waals surface area contributed by atoms with Gasteiger partial charge in [-0.15, -0.1) is 6.58 Å². The second kappa shape index (κ2) is 11.5. The van der Waals surface area contributed by atoms with Crippen LogP contribution in [0.2, 0.25) is 10.0 Å². The molecule has 232 valence electrons. The van der Waals surface area contributed by atoms with E-state index in [2.05, 4.69) is 25.6 Å². The lowest BCUT2D eigenvalue weighted by molar-refractivity contribution is -0.114. The third-order valence-corrected chi connectivity index (χ3v) is 15.2. The third kappa shape index (κ3) is 4.97. The maximum atomic E-state index is 15.2. The largest absolute Gasteiger partial charge is 0.389 e. The summed E-state index contributed by atoms with van der Waals surface area (Å²) in [6.45, 7) is 6.31. The Bertz CT molecular complexity index is 1720. The normalized spacial score (nSPS) is 29.5. The summed E-state index contributed by atoms with van der Waals surface area (Å²) >= 11 is 12.5. The molecular formula is C39H39Cl2O3P. The van der Waals surface area contributed by atoms with E-state index in [4.69, 9.17) is 23.2 Å². The molecule has 3 nitrogen and oxygen atoms in total. The van der Waals surface area contributed by atoms with Gasteiger partial charge in [0.25, 0.3) is 0 Å². The first kappa shape index (κ1) is 30.9. The molecule has 0 aromatic heterocycles.